The predicted octanol–water partition coefficient (Wildman–Crippen LogP) is 0.445. The number of aliphatic hydroxyl groups excluding tert-OH is 2. The summed E-state index contributed by atoms with van der Waals surface area (Å²) in [5.41, 5.74) is 1.28. The van der Waals surface area contributed by atoms with Crippen LogP contribution in [0, 0.1) is 17.7 Å². The number of aromatic hydroxyl groups is 1. The molecular weight excluding hydrogens is 523 g/mol. The maximum atomic E-state index is 15.8. The van der Waals surface area contributed by atoms with Gasteiger partial charge in [0, 0.05) is 42.3 Å². The van der Waals surface area contributed by atoms with Gasteiger partial charge in [-0.15, -0.1) is 0 Å². The summed E-state index contributed by atoms with van der Waals surface area (Å²) in [6.45, 7) is 3.66. The molecule has 216 valence electrons. The number of fused-ring (bicyclic) bond motifs is 3. The molecule has 1 aromatic rings. The van der Waals surface area contributed by atoms with Crippen molar-refractivity contribution in [2.75, 3.05) is 40.3 Å². The first-order valence-electron chi connectivity index (χ1n) is 13.5. The molecule has 0 radical (unpaired) electrons. The number of aliphatic hydroxyl groups is 3. The highest BCUT2D eigenvalue weighted by Crippen LogP contribution is 2.52. The molecule has 12 heteroatoms. The van der Waals surface area contributed by atoms with E-state index < -0.39 is 69.6 Å². The number of phenolic OH excluding ortho intramolecular Hbond substituents is 1. The third kappa shape index (κ3) is 4.21. The van der Waals surface area contributed by atoms with Crippen LogP contribution in [0.5, 0.6) is 5.75 Å². The minimum absolute atomic E-state index is 0.00513. The maximum absolute atomic E-state index is 15.8. The molecule has 1 fully saturated rings. The number of likely N-dealkylation sites (tertiary alicyclic amines) is 1. The van der Waals surface area contributed by atoms with Gasteiger partial charge in [-0.1, -0.05) is 0 Å². The van der Waals surface area contributed by atoms with E-state index in [9.17, 15) is 34.8 Å². The van der Waals surface area contributed by atoms with Crippen LogP contribution in [0.15, 0.2) is 28.7 Å². The van der Waals surface area contributed by atoms with Crippen LogP contribution in [-0.2, 0) is 22.6 Å². The molecule has 4 aliphatic rings. The number of primary amides is 1. The second-order valence-electron chi connectivity index (χ2n) is 11.4. The highest BCUT2D eigenvalue weighted by atomic mass is 19.1. The Hall–Kier alpha value is -3.32. The molecule has 1 aromatic carbocycles. The van der Waals surface area contributed by atoms with Gasteiger partial charge in [0.2, 0.25) is 5.78 Å². The fourth-order valence-electron chi connectivity index (χ4n) is 6.95. The fourth-order valence-corrected chi connectivity index (χ4v) is 6.95. The number of phenols is 1. The van der Waals surface area contributed by atoms with Gasteiger partial charge < -0.3 is 36.4 Å². The van der Waals surface area contributed by atoms with Crippen LogP contribution in [-0.4, -0.2) is 99.6 Å². The molecule has 1 aliphatic heterocycles. The number of carbonyl (C=O) groups excluding carboxylic acids is 3. The van der Waals surface area contributed by atoms with Gasteiger partial charge in [0.25, 0.3) is 5.91 Å². The summed E-state index contributed by atoms with van der Waals surface area (Å²) in [6, 6.07) is 0.0716. The second kappa shape index (κ2) is 10.3. The number of hydrogen-bond donors (Lipinski definition) is 6. The largest absolute Gasteiger partial charge is 0.510 e. The number of nitrogens with zero attached hydrogens (tertiary/aromatic N) is 2. The number of ketones is 2. The van der Waals surface area contributed by atoms with Gasteiger partial charge in [0.05, 0.1) is 11.6 Å². The number of carbonyl (C=O) groups is 3. The lowest BCUT2D eigenvalue weighted by Crippen LogP contribution is -2.63. The minimum atomic E-state index is -2.72. The van der Waals surface area contributed by atoms with Gasteiger partial charge in [-0.2, -0.15) is 0 Å². The van der Waals surface area contributed by atoms with Crippen LogP contribution in [0.2, 0.25) is 0 Å². The Morgan fingerprint density at radius 2 is 1.90 bits per heavy atom. The van der Waals surface area contributed by atoms with Crippen LogP contribution in [0.25, 0.3) is 0 Å². The van der Waals surface area contributed by atoms with Crippen molar-refractivity contribution in [3.8, 4) is 5.75 Å². The molecule has 1 saturated heterocycles. The molecule has 1 heterocycles. The Morgan fingerprint density at radius 1 is 1.23 bits per heavy atom. The molecule has 4 atom stereocenters. The second-order valence-corrected chi connectivity index (χ2v) is 11.4. The molecule has 0 unspecified atom stereocenters. The van der Waals surface area contributed by atoms with Gasteiger partial charge in [-0.05, 0) is 64.9 Å². The number of benzene rings is 1. The van der Waals surface area contributed by atoms with E-state index in [1.165, 1.54) is 23.8 Å². The topological polar surface area (TPSA) is 177 Å². The van der Waals surface area contributed by atoms with E-state index in [4.69, 9.17) is 5.73 Å². The monoisotopic (exact) mass is 558 g/mol. The summed E-state index contributed by atoms with van der Waals surface area (Å²) in [5, 5.41) is 47.7. The first kappa shape index (κ1) is 28.2. The summed E-state index contributed by atoms with van der Waals surface area (Å²) in [7, 11) is 3.10. The van der Waals surface area contributed by atoms with Crippen LogP contribution >= 0.6 is 0 Å². The number of halogens is 1. The van der Waals surface area contributed by atoms with Crippen LogP contribution in [0.3, 0.4) is 0 Å². The molecule has 0 bridgehead atoms. The van der Waals surface area contributed by atoms with Crippen molar-refractivity contribution in [3.63, 3.8) is 0 Å². The number of nitrogens with two attached hydrogens (primary N) is 1. The molecular formula is C28H35FN4O7. The van der Waals surface area contributed by atoms with E-state index in [1.807, 2.05) is 0 Å². The first-order valence-corrected chi connectivity index (χ1v) is 13.5. The molecule has 0 saturated carbocycles. The molecule has 7 N–H and O–H groups in total. The maximum Gasteiger partial charge on any atom is 0.255 e. The average molecular weight is 559 g/mol. The summed E-state index contributed by atoms with van der Waals surface area (Å²) >= 11 is 0. The van der Waals surface area contributed by atoms with Crippen molar-refractivity contribution in [1.29, 1.82) is 0 Å². The molecule has 3 aliphatic carbocycles. The van der Waals surface area contributed by atoms with Crippen molar-refractivity contribution in [2.45, 2.75) is 43.9 Å². The Labute approximate surface area is 230 Å². The van der Waals surface area contributed by atoms with Crippen LogP contribution in [0.1, 0.15) is 40.7 Å². The van der Waals surface area contributed by atoms with Gasteiger partial charge in [-0.3, -0.25) is 19.3 Å². The SMILES string of the molecule is CN(C)[C@@H]1C(O)=C(C(N)=O)C(=O)[C@@]2(O)C(O)=C3C(=O)c4c(O)cc(CNCCN5CCCC5)c(F)c4C[C@H]3C[C@@H]12. The Bertz CT molecular complexity index is 1350. The quantitative estimate of drug-likeness (QED) is 0.203. The normalized spacial score (nSPS) is 28.7. The number of likely N-dealkylation sites (N-methyl/N-ethyl adjacent to an activating group) is 1. The summed E-state index contributed by atoms with van der Waals surface area (Å²) in [4.78, 5) is 42.8. The third-order valence-electron chi connectivity index (χ3n) is 8.85. The Morgan fingerprint density at radius 3 is 2.52 bits per heavy atom. The lowest BCUT2D eigenvalue weighted by Gasteiger charge is -2.50. The summed E-state index contributed by atoms with van der Waals surface area (Å²) in [6.07, 6.45) is 2.15. The lowest BCUT2D eigenvalue weighted by atomic mass is 9.58. The lowest BCUT2D eigenvalue weighted by molar-refractivity contribution is -0.148. The van der Waals surface area contributed by atoms with Crippen LogP contribution in [0.4, 0.5) is 4.39 Å². The molecule has 40 heavy (non-hydrogen) atoms. The number of Topliss-reactive ketones (excluding diaryl/α,β-unsaturated/α-hetero) is 2. The standard InChI is InChI=1S/C28H35FN4O7/c1-32(2)22-16-10-13-9-15-19(17(34)11-14(21(15)29)12-31-5-8-33-6-3-4-7-33)23(35)18(13)25(37)28(16,40)26(38)20(24(22)36)27(30)39/h11,13,16,22,31,34,36-37,40H,3-10,12H2,1-2H3,(H2,30,39)/t13-,16-,22-,28-/m0/s1. The summed E-state index contributed by atoms with van der Waals surface area (Å²) < 4.78 is 15.8. The van der Waals surface area contributed by atoms with Crippen molar-refractivity contribution in [3.05, 3.63) is 51.2 Å². The van der Waals surface area contributed by atoms with E-state index in [1.54, 1.807) is 14.1 Å². The van der Waals surface area contributed by atoms with Gasteiger partial charge >= 0.3 is 0 Å². The zero-order chi connectivity index (χ0) is 29.1. The number of rotatable bonds is 7. The van der Waals surface area contributed by atoms with Gasteiger partial charge in [0.1, 0.15) is 28.7 Å². The molecule has 0 spiro atoms. The number of allylic oxidation sites excluding steroid dienone is 1. The highest BCUT2D eigenvalue weighted by molar-refractivity contribution is 6.24. The van der Waals surface area contributed by atoms with E-state index in [2.05, 4.69) is 10.2 Å². The van der Waals surface area contributed by atoms with E-state index in [-0.39, 0.29) is 41.6 Å². The third-order valence-corrected chi connectivity index (χ3v) is 8.85. The minimum Gasteiger partial charge on any atom is -0.510 e. The average Bonchev–Trinajstić information content (AvgIpc) is 3.40. The predicted molar refractivity (Wildman–Crippen MR) is 141 cm³/mol. The van der Waals surface area contributed by atoms with E-state index in [0.29, 0.717) is 6.54 Å². The number of amides is 1. The van der Waals surface area contributed by atoms with Crippen molar-refractivity contribution in [1.82, 2.24) is 15.1 Å². The molecule has 5 rings (SSSR count). The molecule has 1 amide bonds. The highest BCUT2D eigenvalue weighted by Gasteiger charge is 2.63. The zero-order valence-corrected chi connectivity index (χ0v) is 22.5. The zero-order valence-electron chi connectivity index (χ0n) is 22.5. The van der Waals surface area contributed by atoms with Crippen molar-refractivity contribution < 1.29 is 39.2 Å². The van der Waals surface area contributed by atoms with E-state index in [0.717, 1.165) is 19.6 Å². The van der Waals surface area contributed by atoms with Gasteiger partial charge in [0.15, 0.2) is 11.4 Å². The Kier molecular flexibility index (Phi) is 7.24. The Balaban J connectivity index is 1.51. The fraction of sp³-hybridized carbons (Fsp3) is 0.536. The van der Waals surface area contributed by atoms with Crippen molar-refractivity contribution in [2.24, 2.45) is 17.6 Å². The van der Waals surface area contributed by atoms with E-state index >= 15 is 4.39 Å². The van der Waals surface area contributed by atoms with Gasteiger partial charge in [-0.25, -0.2) is 4.39 Å². The first-order chi connectivity index (χ1) is 18.9. The molecule has 11 nitrogen and oxygen atoms in total. The smallest absolute Gasteiger partial charge is 0.255 e. The van der Waals surface area contributed by atoms with Crippen LogP contribution < -0.4 is 11.1 Å². The number of nitrogens with one attached hydrogen (secondary N) is 1. The number of hydrogen-bond acceptors (Lipinski definition) is 10. The summed E-state index contributed by atoms with van der Waals surface area (Å²) in [5.74, 6) is -8.23. The van der Waals surface area contributed by atoms with Crippen molar-refractivity contribution >= 4 is 17.5 Å². The molecule has 0 aromatic heterocycles.